The van der Waals surface area contributed by atoms with E-state index in [2.05, 4.69) is 9.47 Å². The van der Waals surface area contributed by atoms with Crippen LogP contribution in [-0.4, -0.2) is 59.0 Å². The first-order valence-corrected chi connectivity index (χ1v) is 4.02. The van der Waals surface area contributed by atoms with Crippen LogP contribution in [0.2, 0.25) is 0 Å². The van der Waals surface area contributed by atoms with Gasteiger partial charge >= 0.3 is 19.3 Å². The lowest BCUT2D eigenvalue weighted by Gasteiger charge is -2.20. The smallest absolute Gasteiger partial charge is 0.471 e. The van der Waals surface area contributed by atoms with E-state index in [0.29, 0.717) is 4.39 Å². The van der Waals surface area contributed by atoms with Crippen molar-refractivity contribution >= 4 is 19.3 Å². The number of carbonyl (C=O) groups excluding carboxylic acids is 2. The molecule has 0 aliphatic carbocycles. The third-order valence-corrected chi connectivity index (χ3v) is 0.981. The maximum atomic E-state index is 10.5. The van der Waals surface area contributed by atoms with Gasteiger partial charge in [0.2, 0.25) is 0 Å². The minimum Gasteiger partial charge on any atom is -0.471 e. The quantitative estimate of drug-likeness (QED) is 0.557. The average Bonchev–Trinajstić information content (AvgIpc) is 2.02. The number of methoxy groups -OCH3 is 2. The lowest BCUT2D eigenvalue weighted by Crippen LogP contribution is -2.42. The first kappa shape index (κ1) is 29.7. The summed E-state index contributed by atoms with van der Waals surface area (Å²) in [7, 11) is 9.86. The van der Waals surface area contributed by atoms with Crippen LogP contribution in [0.3, 0.4) is 0 Å². The number of rotatable bonds is 2. The highest BCUT2D eigenvalue weighted by Crippen LogP contribution is 1.87. The van der Waals surface area contributed by atoms with E-state index >= 15 is 0 Å². The number of hydrogen-bond donors (Lipinski definition) is 0. The van der Waals surface area contributed by atoms with Gasteiger partial charge < -0.3 is 13.9 Å². The summed E-state index contributed by atoms with van der Waals surface area (Å²) >= 11 is 0. The van der Waals surface area contributed by atoms with E-state index in [0.717, 1.165) is 0 Å². The summed E-state index contributed by atoms with van der Waals surface area (Å²) in [6.07, 6.45) is 0. The predicted molar refractivity (Wildman–Crippen MR) is 74.1 cm³/mol. The summed E-state index contributed by atoms with van der Waals surface area (Å²) in [5, 5.41) is 0. The number of esters is 1. The van der Waals surface area contributed by atoms with Gasteiger partial charge in [-0.2, -0.15) is 0 Å². The summed E-state index contributed by atoms with van der Waals surface area (Å²) < 4.78 is 9.02. The Bertz CT molecular complexity index is 190. The van der Waals surface area contributed by atoms with Crippen molar-refractivity contribution in [2.45, 2.75) is 29.2 Å². The zero-order valence-corrected chi connectivity index (χ0v) is 9.66. The highest BCUT2D eigenvalue weighted by Gasteiger charge is 2.22. The molecule has 105 valence electrons. The summed E-state index contributed by atoms with van der Waals surface area (Å²) in [5.74, 6) is -0.535. The van der Waals surface area contributed by atoms with Gasteiger partial charge in [0.25, 0.3) is 0 Å². The van der Waals surface area contributed by atoms with Crippen LogP contribution in [0.4, 0.5) is 4.79 Å². The van der Waals surface area contributed by atoms with Crippen LogP contribution < -0.4 is 0 Å². The van der Waals surface area contributed by atoms with Gasteiger partial charge in [-0.3, -0.25) is 9.59 Å². The molecule has 0 aromatic heterocycles. The summed E-state index contributed by atoms with van der Waals surface area (Å²) in [6, 6.07) is 0. The molecule has 0 fully saturated rings. The number of nitrogens with zero attached hydrogens (tertiary/aromatic N) is 1. The molecule has 0 saturated heterocycles. The Labute approximate surface area is 108 Å². The zero-order chi connectivity index (χ0) is 11.8. The Morgan fingerprint density at radius 3 is 1.29 bits per heavy atom. The molecule has 5 nitrogen and oxygen atoms in total. The van der Waals surface area contributed by atoms with Crippen molar-refractivity contribution in [1.29, 1.82) is 0 Å². The number of carbonyl (C=O) groups is 2. The van der Waals surface area contributed by atoms with Crippen molar-refractivity contribution in [2.24, 2.45) is 0 Å². The monoisotopic (exact) mass is 251 g/mol. The fourth-order valence-corrected chi connectivity index (χ4v) is 0.369. The molecule has 1 radical (unpaired) electrons. The molecule has 0 spiro atoms. The lowest BCUT2D eigenvalue weighted by molar-refractivity contribution is -0.753. The molecule has 6 heteroatoms. The van der Waals surface area contributed by atoms with Crippen LogP contribution in [0.15, 0.2) is 0 Å². The molecule has 0 unspecified atom stereocenters. The molecule has 0 aromatic rings. The van der Waals surface area contributed by atoms with Crippen molar-refractivity contribution in [3.63, 3.8) is 0 Å². The van der Waals surface area contributed by atoms with Crippen molar-refractivity contribution in [1.82, 2.24) is 0 Å². The maximum Gasteiger partial charge on any atom is 0.578 e. The van der Waals surface area contributed by atoms with Gasteiger partial charge in [0.05, 0.1) is 14.2 Å². The molecule has 0 atom stereocenters. The average molecular weight is 251 g/mol. The molecule has 0 N–H and O–H groups in total. The zero-order valence-electron chi connectivity index (χ0n) is 9.66. The van der Waals surface area contributed by atoms with E-state index in [4.69, 9.17) is 0 Å². The molecule has 0 heterocycles. The van der Waals surface area contributed by atoms with Crippen LogP contribution in [-0.2, 0) is 14.3 Å². The molecule has 0 aliphatic heterocycles. The topological polar surface area (TPSA) is 52.6 Å². The second-order valence-electron chi connectivity index (χ2n) is 3.46. The number of ether oxygens (including phenoxy) is 2. The summed E-state index contributed by atoms with van der Waals surface area (Å²) in [4.78, 5) is 20.1. The Morgan fingerprint density at radius 1 is 0.941 bits per heavy atom. The molecule has 0 rings (SSSR count). The minimum atomic E-state index is -0.289. The SMILES string of the molecule is C.C.C.COC(=O)[B][N+](C)(C)C.COC(C)=O. The standard InChI is InChI=1S/C5H12BNO2.C3H6O2.3CH4/c1-7(2,3)6-5(8)9-4;1-3(4)5-2;;;/h1-4H3;1-2H3;3*1H4/q+1;;;;. The summed E-state index contributed by atoms with van der Waals surface area (Å²) in [5.41, 5.74) is 0. The Morgan fingerprint density at radius 2 is 1.24 bits per heavy atom. The molecule has 0 aliphatic rings. The maximum absolute atomic E-state index is 10.5. The molecular weight excluding hydrogens is 221 g/mol. The van der Waals surface area contributed by atoms with Gasteiger partial charge in [-0.05, 0) is 0 Å². The van der Waals surface area contributed by atoms with Crippen molar-refractivity contribution in [3.05, 3.63) is 0 Å². The molecule has 0 aromatic carbocycles. The molecule has 17 heavy (non-hydrogen) atoms. The van der Waals surface area contributed by atoms with Gasteiger partial charge in [-0.1, -0.05) is 22.3 Å². The first-order valence-electron chi connectivity index (χ1n) is 4.02. The third kappa shape index (κ3) is 39.7. The highest BCUT2D eigenvalue weighted by molar-refractivity contribution is 6.66. The Hall–Kier alpha value is -1.04. The van der Waals surface area contributed by atoms with Gasteiger partial charge in [-0.15, -0.1) is 0 Å². The largest absolute Gasteiger partial charge is 0.578 e. The number of quaternary nitrogens is 1. The molecule has 0 amide bonds. The fraction of sp³-hybridized carbons (Fsp3) is 0.818. The van der Waals surface area contributed by atoms with Gasteiger partial charge in [0.1, 0.15) is 0 Å². The molecule has 0 bridgehead atoms. The van der Waals surface area contributed by atoms with Crippen LogP contribution in [0.1, 0.15) is 29.2 Å². The highest BCUT2D eigenvalue weighted by atomic mass is 16.5. The van der Waals surface area contributed by atoms with Crippen LogP contribution >= 0.6 is 0 Å². The van der Waals surface area contributed by atoms with Crippen LogP contribution in [0.5, 0.6) is 0 Å². The van der Waals surface area contributed by atoms with E-state index in [-0.39, 0.29) is 34.1 Å². The second kappa shape index (κ2) is 15.0. The van der Waals surface area contributed by atoms with Crippen molar-refractivity contribution in [2.75, 3.05) is 35.4 Å². The van der Waals surface area contributed by atoms with E-state index < -0.39 is 0 Å². The fourth-order valence-electron chi connectivity index (χ4n) is 0.369. The molecule has 0 saturated carbocycles. The van der Waals surface area contributed by atoms with E-state index in [1.807, 2.05) is 21.1 Å². The van der Waals surface area contributed by atoms with E-state index in [1.54, 1.807) is 0 Å². The third-order valence-electron chi connectivity index (χ3n) is 0.981. The number of hydrogen-bond acceptors (Lipinski definition) is 4. The predicted octanol–water partition coefficient (Wildman–Crippen LogP) is 2.17. The second-order valence-corrected chi connectivity index (χ2v) is 3.46. The normalized spacial score (nSPS) is 7.65. The minimum absolute atomic E-state index is 0. The van der Waals surface area contributed by atoms with E-state index in [1.165, 1.54) is 28.6 Å². The Balaban J connectivity index is -0.0000000533. The van der Waals surface area contributed by atoms with Crippen molar-refractivity contribution in [3.8, 4) is 0 Å². The van der Waals surface area contributed by atoms with E-state index in [9.17, 15) is 9.59 Å². The van der Waals surface area contributed by atoms with Gasteiger partial charge in [-0.25, -0.2) is 0 Å². The van der Waals surface area contributed by atoms with Gasteiger partial charge in [0.15, 0.2) is 0 Å². The molecular formula is C11H30BNO4+. The van der Waals surface area contributed by atoms with Crippen LogP contribution in [0.25, 0.3) is 0 Å². The lowest BCUT2D eigenvalue weighted by atomic mass is 9.90. The van der Waals surface area contributed by atoms with Crippen LogP contribution in [0, 0.1) is 0 Å². The summed E-state index contributed by atoms with van der Waals surface area (Å²) in [6.45, 7) is 1.36. The Kier molecular flexibility index (Phi) is 26.2. The van der Waals surface area contributed by atoms with Crippen molar-refractivity contribution < 1.29 is 23.5 Å². The first-order chi connectivity index (χ1) is 6.22. The van der Waals surface area contributed by atoms with Gasteiger partial charge in [0, 0.05) is 28.1 Å².